The van der Waals surface area contributed by atoms with Crippen LogP contribution >= 0.6 is 0 Å². The van der Waals surface area contributed by atoms with Crippen LogP contribution in [0.2, 0.25) is 0 Å². The van der Waals surface area contributed by atoms with E-state index in [2.05, 4.69) is 6.92 Å². The fourth-order valence-corrected chi connectivity index (χ4v) is 2.83. The highest BCUT2D eigenvalue weighted by Crippen LogP contribution is 2.56. The molecule has 2 aliphatic rings. The van der Waals surface area contributed by atoms with Gasteiger partial charge in [0.2, 0.25) is 0 Å². The molecule has 0 radical (unpaired) electrons. The smallest absolute Gasteiger partial charge is 0.00698 e. The van der Waals surface area contributed by atoms with Gasteiger partial charge in [-0.3, -0.25) is 0 Å². The fourth-order valence-electron chi connectivity index (χ4n) is 2.83. The molecule has 0 spiro atoms. The zero-order valence-electron chi connectivity index (χ0n) is 7.42. The maximum atomic E-state index is 6.11. The van der Waals surface area contributed by atoms with E-state index >= 15 is 0 Å². The van der Waals surface area contributed by atoms with Gasteiger partial charge < -0.3 is 5.73 Å². The lowest BCUT2D eigenvalue weighted by atomic mass is 9.92. The summed E-state index contributed by atoms with van der Waals surface area (Å²) in [5.41, 5.74) is 6.11. The molecular weight excluding hydrogens is 134 g/mol. The van der Waals surface area contributed by atoms with Crippen molar-refractivity contribution in [3.63, 3.8) is 0 Å². The predicted molar refractivity (Wildman–Crippen MR) is 47.2 cm³/mol. The Morgan fingerprint density at radius 2 is 2.27 bits per heavy atom. The van der Waals surface area contributed by atoms with E-state index in [0.717, 1.165) is 17.8 Å². The standard InChI is InChI=1S/C10H19N/c1-2-3-10(11)8-5-4-7-6-9(7)8/h7-10H,2-6,11H2,1H3. The molecule has 64 valence electrons. The molecule has 0 aromatic carbocycles. The third kappa shape index (κ3) is 1.31. The van der Waals surface area contributed by atoms with Gasteiger partial charge in [-0.2, -0.15) is 0 Å². The molecule has 0 bridgehead atoms. The van der Waals surface area contributed by atoms with Crippen LogP contribution < -0.4 is 5.73 Å². The Labute approximate surface area is 69.4 Å². The Morgan fingerprint density at radius 1 is 1.45 bits per heavy atom. The molecule has 2 rings (SSSR count). The lowest BCUT2D eigenvalue weighted by molar-refractivity contribution is 0.366. The van der Waals surface area contributed by atoms with E-state index in [1.165, 1.54) is 32.1 Å². The van der Waals surface area contributed by atoms with E-state index in [1.807, 2.05) is 0 Å². The molecule has 1 nitrogen and oxygen atoms in total. The minimum atomic E-state index is 0.525. The maximum Gasteiger partial charge on any atom is 0.00698 e. The minimum Gasteiger partial charge on any atom is -0.327 e. The highest BCUT2D eigenvalue weighted by atomic mass is 14.7. The van der Waals surface area contributed by atoms with Crippen molar-refractivity contribution in [2.24, 2.45) is 23.5 Å². The van der Waals surface area contributed by atoms with E-state index < -0.39 is 0 Å². The van der Waals surface area contributed by atoms with Crippen LogP contribution in [0.4, 0.5) is 0 Å². The highest BCUT2D eigenvalue weighted by molar-refractivity contribution is 5.00. The molecule has 0 aromatic rings. The van der Waals surface area contributed by atoms with Crippen LogP contribution in [-0.4, -0.2) is 6.04 Å². The third-order valence-corrected chi connectivity index (χ3v) is 3.57. The van der Waals surface area contributed by atoms with Gasteiger partial charge in [0.15, 0.2) is 0 Å². The molecule has 4 atom stereocenters. The summed E-state index contributed by atoms with van der Waals surface area (Å²) in [5.74, 6) is 3.06. The molecule has 0 amide bonds. The van der Waals surface area contributed by atoms with Gasteiger partial charge in [-0.25, -0.2) is 0 Å². The molecule has 0 saturated heterocycles. The SMILES string of the molecule is CCCC(N)C1CCC2CC21. The van der Waals surface area contributed by atoms with E-state index in [0.29, 0.717) is 6.04 Å². The number of hydrogen-bond donors (Lipinski definition) is 1. The topological polar surface area (TPSA) is 26.0 Å². The first-order valence-electron chi connectivity index (χ1n) is 5.08. The molecule has 2 saturated carbocycles. The van der Waals surface area contributed by atoms with Crippen LogP contribution in [-0.2, 0) is 0 Å². The highest BCUT2D eigenvalue weighted by Gasteiger charge is 2.49. The van der Waals surface area contributed by atoms with Gasteiger partial charge in [0, 0.05) is 6.04 Å². The second-order valence-corrected chi connectivity index (χ2v) is 4.35. The third-order valence-electron chi connectivity index (χ3n) is 3.57. The van der Waals surface area contributed by atoms with Gasteiger partial charge >= 0.3 is 0 Å². The summed E-state index contributed by atoms with van der Waals surface area (Å²) in [6, 6.07) is 0.525. The van der Waals surface area contributed by atoms with Crippen molar-refractivity contribution in [2.75, 3.05) is 0 Å². The lowest BCUT2D eigenvalue weighted by Crippen LogP contribution is -2.29. The average molecular weight is 153 g/mol. The molecule has 0 heterocycles. The van der Waals surface area contributed by atoms with Crippen molar-refractivity contribution in [2.45, 2.75) is 45.1 Å². The molecule has 2 aliphatic carbocycles. The zero-order chi connectivity index (χ0) is 7.84. The number of rotatable bonds is 3. The second-order valence-electron chi connectivity index (χ2n) is 4.35. The first-order valence-corrected chi connectivity index (χ1v) is 5.08. The number of fused-ring (bicyclic) bond motifs is 1. The monoisotopic (exact) mass is 153 g/mol. The Morgan fingerprint density at radius 3 is 2.73 bits per heavy atom. The number of hydrogen-bond acceptors (Lipinski definition) is 1. The van der Waals surface area contributed by atoms with Crippen molar-refractivity contribution >= 4 is 0 Å². The van der Waals surface area contributed by atoms with Gasteiger partial charge in [0.1, 0.15) is 0 Å². The first-order chi connectivity index (χ1) is 5.33. The molecular formula is C10H19N. The van der Waals surface area contributed by atoms with E-state index in [9.17, 15) is 0 Å². The summed E-state index contributed by atoms with van der Waals surface area (Å²) in [6.45, 7) is 2.24. The average Bonchev–Trinajstić information content (AvgIpc) is 2.63. The molecule has 0 aromatic heterocycles. The Kier molecular flexibility index (Phi) is 1.92. The summed E-state index contributed by atoms with van der Waals surface area (Å²) in [4.78, 5) is 0. The van der Waals surface area contributed by atoms with Crippen molar-refractivity contribution in [1.29, 1.82) is 0 Å². The van der Waals surface area contributed by atoms with Gasteiger partial charge in [0.25, 0.3) is 0 Å². The van der Waals surface area contributed by atoms with Crippen molar-refractivity contribution < 1.29 is 0 Å². The van der Waals surface area contributed by atoms with Crippen LogP contribution in [0.3, 0.4) is 0 Å². The van der Waals surface area contributed by atoms with Crippen LogP contribution in [0.1, 0.15) is 39.0 Å². The molecule has 11 heavy (non-hydrogen) atoms. The fraction of sp³-hybridized carbons (Fsp3) is 1.00. The van der Waals surface area contributed by atoms with Crippen LogP contribution in [0.5, 0.6) is 0 Å². The van der Waals surface area contributed by atoms with Crippen LogP contribution in [0, 0.1) is 17.8 Å². The molecule has 1 heteroatoms. The predicted octanol–water partition coefficient (Wildman–Crippen LogP) is 2.16. The quantitative estimate of drug-likeness (QED) is 0.660. The summed E-state index contributed by atoms with van der Waals surface area (Å²) in [6.07, 6.45) is 6.91. The van der Waals surface area contributed by atoms with Crippen molar-refractivity contribution in [3.8, 4) is 0 Å². The van der Waals surface area contributed by atoms with Gasteiger partial charge in [-0.05, 0) is 43.4 Å². The maximum absolute atomic E-state index is 6.11. The zero-order valence-corrected chi connectivity index (χ0v) is 7.42. The molecule has 0 aliphatic heterocycles. The summed E-state index contributed by atoms with van der Waals surface area (Å²) < 4.78 is 0. The summed E-state index contributed by atoms with van der Waals surface area (Å²) in [7, 11) is 0. The molecule has 4 unspecified atom stereocenters. The van der Waals surface area contributed by atoms with Crippen molar-refractivity contribution in [3.05, 3.63) is 0 Å². The van der Waals surface area contributed by atoms with E-state index in [1.54, 1.807) is 0 Å². The second kappa shape index (κ2) is 2.78. The first kappa shape index (κ1) is 7.60. The van der Waals surface area contributed by atoms with Crippen LogP contribution in [0.25, 0.3) is 0 Å². The van der Waals surface area contributed by atoms with E-state index in [4.69, 9.17) is 5.73 Å². The minimum absolute atomic E-state index is 0.525. The Bertz CT molecular complexity index is 144. The normalized spacial score (nSPS) is 43.6. The van der Waals surface area contributed by atoms with Crippen LogP contribution in [0.15, 0.2) is 0 Å². The summed E-state index contributed by atoms with van der Waals surface area (Å²) >= 11 is 0. The lowest BCUT2D eigenvalue weighted by Gasteiger charge is -2.19. The van der Waals surface area contributed by atoms with Gasteiger partial charge in [-0.1, -0.05) is 13.3 Å². The Balaban J connectivity index is 1.84. The van der Waals surface area contributed by atoms with Crippen molar-refractivity contribution in [1.82, 2.24) is 0 Å². The van der Waals surface area contributed by atoms with Gasteiger partial charge in [0.05, 0.1) is 0 Å². The molecule has 2 N–H and O–H groups in total. The van der Waals surface area contributed by atoms with Gasteiger partial charge in [-0.15, -0.1) is 0 Å². The number of nitrogens with two attached hydrogens (primary N) is 1. The van der Waals surface area contributed by atoms with E-state index in [-0.39, 0.29) is 0 Å². The largest absolute Gasteiger partial charge is 0.327 e. The Hall–Kier alpha value is -0.0400. The molecule has 2 fully saturated rings. The summed E-state index contributed by atoms with van der Waals surface area (Å²) in [5, 5.41) is 0.